The van der Waals surface area contributed by atoms with Gasteiger partial charge in [0.2, 0.25) is 5.91 Å². The topological polar surface area (TPSA) is 83.3 Å². The Balaban J connectivity index is 0.00000408. The predicted octanol–water partition coefficient (Wildman–Crippen LogP) is 4.56. The van der Waals surface area contributed by atoms with Crippen molar-refractivity contribution in [3.8, 4) is 0 Å². The molecule has 0 bridgehead atoms. The van der Waals surface area contributed by atoms with Gasteiger partial charge in [-0.1, -0.05) is 50.2 Å². The number of rotatable bonds is 10. The summed E-state index contributed by atoms with van der Waals surface area (Å²) in [5, 5.41) is 13.7. The summed E-state index contributed by atoms with van der Waals surface area (Å²) in [6, 6.07) is 18.5. The smallest absolute Gasteiger partial charge is 0.246 e. The fraction of sp³-hybridized carbons (Fsp3) is 0.346. The number of aryl methyl sites for hydroxylation is 1. The van der Waals surface area contributed by atoms with Crippen LogP contribution >= 0.6 is 24.0 Å². The standard InChI is InChI=1S/C26H34N6O.HI/c1-20(2)23-12-10-21(11-13-23)8-5-14-28-26(27-3)29-18-22-7-4-9-24(17-22)31-25(33)19-32-16-6-15-30-32;/h4,6-7,9-13,15-17,20H,5,8,14,18-19H2,1-3H3,(H,31,33)(H2,27,28,29);1H. The molecule has 0 aliphatic rings. The molecule has 1 amide bonds. The van der Waals surface area contributed by atoms with Crippen molar-refractivity contribution in [2.75, 3.05) is 18.9 Å². The van der Waals surface area contributed by atoms with E-state index in [1.165, 1.54) is 11.1 Å². The Morgan fingerprint density at radius 3 is 2.53 bits per heavy atom. The molecular weight excluding hydrogens is 539 g/mol. The maximum Gasteiger partial charge on any atom is 0.246 e. The Kier molecular flexibility index (Phi) is 11.6. The van der Waals surface area contributed by atoms with Gasteiger partial charge < -0.3 is 16.0 Å². The molecule has 3 N–H and O–H groups in total. The molecule has 182 valence electrons. The molecule has 0 radical (unpaired) electrons. The fourth-order valence-electron chi connectivity index (χ4n) is 3.48. The first-order valence-electron chi connectivity index (χ1n) is 11.4. The Hall–Kier alpha value is -2.88. The molecule has 3 rings (SSSR count). The molecule has 0 unspecified atom stereocenters. The monoisotopic (exact) mass is 574 g/mol. The molecule has 0 spiro atoms. The lowest BCUT2D eigenvalue weighted by molar-refractivity contribution is -0.116. The lowest BCUT2D eigenvalue weighted by atomic mass is 10.0. The minimum atomic E-state index is -0.111. The van der Waals surface area contributed by atoms with Gasteiger partial charge in [0.25, 0.3) is 0 Å². The summed E-state index contributed by atoms with van der Waals surface area (Å²) >= 11 is 0. The summed E-state index contributed by atoms with van der Waals surface area (Å²) in [5.74, 6) is 1.22. The number of halogens is 1. The molecule has 34 heavy (non-hydrogen) atoms. The molecule has 0 fully saturated rings. The van der Waals surface area contributed by atoms with Crippen molar-refractivity contribution in [3.05, 3.63) is 83.7 Å². The normalized spacial score (nSPS) is 11.1. The van der Waals surface area contributed by atoms with Crippen LogP contribution in [0, 0.1) is 0 Å². The predicted molar refractivity (Wildman–Crippen MR) is 150 cm³/mol. The van der Waals surface area contributed by atoms with E-state index in [0.29, 0.717) is 12.5 Å². The number of carbonyl (C=O) groups is 1. The largest absolute Gasteiger partial charge is 0.356 e. The summed E-state index contributed by atoms with van der Waals surface area (Å²) in [7, 11) is 1.77. The second-order valence-electron chi connectivity index (χ2n) is 8.30. The number of anilines is 1. The van der Waals surface area contributed by atoms with Gasteiger partial charge in [-0.15, -0.1) is 24.0 Å². The van der Waals surface area contributed by atoms with E-state index in [0.717, 1.165) is 36.6 Å². The Bertz CT molecular complexity index is 1030. The third-order valence-corrected chi connectivity index (χ3v) is 5.34. The van der Waals surface area contributed by atoms with Gasteiger partial charge in [-0.25, -0.2) is 0 Å². The second-order valence-corrected chi connectivity index (χ2v) is 8.30. The van der Waals surface area contributed by atoms with Crippen LogP contribution in [-0.2, 0) is 24.3 Å². The van der Waals surface area contributed by atoms with Crippen LogP contribution in [0.4, 0.5) is 5.69 Å². The highest BCUT2D eigenvalue weighted by Crippen LogP contribution is 2.15. The van der Waals surface area contributed by atoms with Crippen molar-refractivity contribution in [2.24, 2.45) is 4.99 Å². The van der Waals surface area contributed by atoms with Crippen LogP contribution in [-0.4, -0.2) is 35.2 Å². The van der Waals surface area contributed by atoms with E-state index in [-0.39, 0.29) is 36.4 Å². The molecule has 0 saturated carbocycles. The number of hydrogen-bond donors (Lipinski definition) is 3. The highest BCUT2D eigenvalue weighted by Gasteiger charge is 2.05. The molecule has 3 aromatic rings. The van der Waals surface area contributed by atoms with E-state index in [2.05, 4.69) is 64.2 Å². The van der Waals surface area contributed by atoms with Crippen LogP contribution in [0.15, 0.2) is 72.0 Å². The second kappa shape index (κ2) is 14.4. The van der Waals surface area contributed by atoms with Crippen LogP contribution in [0.2, 0.25) is 0 Å². The van der Waals surface area contributed by atoms with Crippen molar-refractivity contribution < 1.29 is 4.79 Å². The maximum atomic E-state index is 12.2. The average Bonchev–Trinajstić information content (AvgIpc) is 3.32. The van der Waals surface area contributed by atoms with Gasteiger partial charge in [-0.3, -0.25) is 14.5 Å². The average molecular weight is 575 g/mol. The maximum absolute atomic E-state index is 12.2. The Labute approximate surface area is 219 Å². The minimum absolute atomic E-state index is 0. The van der Waals surface area contributed by atoms with Crippen molar-refractivity contribution in [1.82, 2.24) is 20.4 Å². The summed E-state index contributed by atoms with van der Waals surface area (Å²) in [5.41, 5.74) is 4.55. The Morgan fingerprint density at radius 2 is 1.85 bits per heavy atom. The molecule has 0 aliphatic heterocycles. The van der Waals surface area contributed by atoms with Crippen LogP contribution in [0.25, 0.3) is 0 Å². The summed E-state index contributed by atoms with van der Waals surface area (Å²) in [6.07, 6.45) is 5.48. The van der Waals surface area contributed by atoms with Crippen LogP contribution in [0.1, 0.15) is 42.9 Å². The minimum Gasteiger partial charge on any atom is -0.356 e. The summed E-state index contributed by atoms with van der Waals surface area (Å²) < 4.78 is 1.59. The molecule has 7 nitrogen and oxygen atoms in total. The summed E-state index contributed by atoms with van der Waals surface area (Å²) in [4.78, 5) is 16.5. The number of benzene rings is 2. The van der Waals surface area contributed by atoms with Crippen molar-refractivity contribution in [3.63, 3.8) is 0 Å². The first kappa shape index (κ1) is 27.4. The molecule has 0 atom stereocenters. The number of guanidine groups is 1. The van der Waals surface area contributed by atoms with E-state index in [4.69, 9.17) is 0 Å². The Morgan fingerprint density at radius 1 is 1.06 bits per heavy atom. The zero-order valence-corrected chi connectivity index (χ0v) is 22.5. The van der Waals surface area contributed by atoms with E-state index in [1.807, 2.05) is 24.3 Å². The van der Waals surface area contributed by atoms with Gasteiger partial charge in [0.1, 0.15) is 6.54 Å². The number of nitrogens with zero attached hydrogens (tertiary/aromatic N) is 3. The van der Waals surface area contributed by atoms with Crippen molar-refractivity contribution >= 4 is 41.5 Å². The van der Waals surface area contributed by atoms with Crippen LogP contribution in [0.5, 0.6) is 0 Å². The third kappa shape index (κ3) is 9.17. The van der Waals surface area contributed by atoms with Crippen molar-refractivity contribution in [2.45, 2.75) is 45.7 Å². The van der Waals surface area contributed by atoms with E-state index in [9.17, 15) is 4.79 Å². The van der Waals surface area contributed by atoms with E-state index >= 15 is 0 Å². The molecule has 8 heteroatoms. The first-order valence-corrected chi connectivity index (χ1v) is 11.4. The van der Waals surface area contributed by atoms with E-state index < -0.39 is 0 Å². The van der Waals surface area contributed by atoms with Gasteiger partial charge in [0.15, 0.2) is 5.96 Å². The lowest BCUT2D eigenvalue weighted by Crippen LogP contribution is -2.37. The van der Waals surface area contributed by atoms with Gasteiger partial charge in [0, 0.05) is 38.2 Å². The zero-order chi connectivity index (χ0) is 23.5. The molecule has 0 aliphatic carbocycles. The van der Waals surface area contributed by atoms with Gasteiger partial charge in [0.05, 0.1) is 0 Å². The number of nitrogens with one attached hydrogen (secondary N) is 3. The first-order chi connectivity index (χ1) is 16.0. The van der Waals surface area contributed by atoms with E-state index in [1.54, 1.807) is 30.2 Å². The number of aliphatic imine (C=N–C) groups is 1. The van der Waals surface area contributed by atoms with Gasteiger partial charge in [-0.05, 0) is 53.6 Å². The number of carbonyl (C=O) groups excluding carboxylic acids is 1. The van der Waals surface area contributed by atoms with Crippen LogP contribution < -0.4 is 16.0 Å². The fourth-order valence-corrected chi connectivity index (χ4v) is 3.48. The number of hydrogen-bond acceptors (Lipinski definition) is 3. The van der Waals surface area contributed by atoms with Gasteiger partial charge in [-0.2, -0.15) is 5.10 Å². The molecule has 1 aromatic heterocycles. The van der Waals surface area contributed by atoms with Gasteiger partial charge >= 0.3 is 0 Å². The number of amides is 1. The third-order valence-electron chi connectivity index (χ3n) is 5.34. The number of aromatic nitrogens is 2. The zero-order valence-electron chi connectivity index (χ0n) is 20.1. The molecule has 2 aromatic carbocycles. The van der Waals surface area contributed by atoms with Crippen LogP contribution in [0.3, 0.4) is 0 Å². The molecular formula is C26H35IN6O. The quantitative estimate of drug-likeness (QED) is 0.144. The summed E-state index contributed by atoms with van der Waals surface area (Å²) in [6.45, 7) is 6.07. The molecule has 1 heterocycles. The van der Waals surface area contributed by atoms with Crippen molar-refractivity contribution in [1.29, 1.82) is 0 Å². The SMILES string of the molecule is CN=C(NCCCc1ccc(C(C)C)cc1)NCc1cccc(NC(=O)Cn2cccn2)c1.I. The molecule has 0 saturated heterocycles. The lowest BCUT2D eigenvalue weighted by Gasteiger charge is -2.13. The highest BCUT2D eigenvalue weighted by atomic mass is 127. The highest BCUT2D eigenvalue weighted by molar-refractivity contribution is 14.0.